The molecule has 0 heterocycles. The van der Waals surface area contributed by atoms with E-state index in [4.69, 9.17) is 0 Å². The fourth-order valence-corrected chi connectivity index (χ4v) is 1.24. The number of hydrogen-bond donors (Lipinski definition) is 0. The average molecular weight is 260 g/mol. The Hall–Kier alpha value is -0.196. The van der Waals surface area contributed by atoms with Gasteiger partial charge < -0.3 is 0 Å². The minimum absolute atomic E-state index is 0. The van der Waals surface area contributed by atoms with Crippen molar-refractivity contribution < 1.29 is 32.7 Å². The number of hydrogen-bond acceptors (Lipinski definition) is 0. The maximum Gasteiger partial charge on any atom is 0 e. The third kappa shape index (κ3) is 3.51. The Morgan fingerprint density at radius 2 is 2.00 bits per heavy atom. The van der Waals surface area contributed by atoms with Crippen LogP contribution in [0.1, 0.15) is 30.5 Å². The van der Waals surface area contributed by atoms with E-state index >= 15 is 0 Å². The molecule has 1 rings (SSSR count). The smallest absolute Gasteiger partial charge is 0 e. The van der Waals surface area contributed by atoms with Gasteiger partial charge >= 0.3 is 0 Å². The fraction of sp³-hybridized carbons (Fsp3) is 0.231. The maximum atomic E-state index is 3.93. The Morgan fingerprint density at radius 3 is 2.43 bits per heavy atom. The number of aryl methyl sites for hydroxylation is 1. The van der Waals surface area contributed by atoms with Crippen molar-refractivity contribution in [2.24, 2.45) is 0 Å². The summed E-state index contributed by atoms with van der Waals surface area (Å²) in [6.07, 6.45) is 3.94. The predicted octanol–water partition coefficient (Wildman–Crippen LogP) is 3.62. The molecule has 0 spiro atoms. The van der Waals surface area contributed by atoms with Crippen molar-refractivity contribution in [3.63, 3.8) is 0 Å². The van der Waals surface area contributed by atoms with Crippen LogP contribution >= 0.6 is 0 Å². The molecule has 1 aromatic rings. The second-order valence-corrected chi connectivity index (χ2v) is 3.23. The molecule has 0 saturated heterocycles. The van der Waals surface area contributed by atoms with Gasteiger partial charge in [0.15, 0.2) is 0 Å². The van der Waals surface area contributed by atoms with E-state index in [0.717, 1.165) is 17.6 Å². The molecule has 0 aromatic heterocycles. The minimum atomic E-state index is 0. The Bertz CT molecular complexity index is 337. The molecule has 0 aliphatic heterocycles. The Balaban J connectivity index is 0.00000169. The number of rotatable bonds is 3. The summed E-state index contributed by atoms with van der Waals surface area (Å²) in [5.41, 5.74) is 4.64. The molecule has 1 aromatic carbocycles. The second-order valence-electron chi connectivity index (χ2n) is 3.23. The van der Waals surface area contributed by atoms with Gasteiger partial charge in [0.2, 0.25) is 0 Å². The van der Waals surface area contributed by atoms with E-state index in [-0.39, 0.29) is 32.7 Å². The van der Waals surface area contributed by atoms with Crippen molar-refractivity contribution in [1.82, 2.24) is 0 Å². The molecule has 0 N–H and O–H groups in total. The molecule has 14 heavy (non-hydrogen) atoms. The summed E-state index contributed by atoms with van der Waals surface area (Å²) in [7, 11) is 0. The van der Waals surface area contributed by atoms with Gasteiger partial charge in [-0.1, -0.05) is 30.7 Å². The summed E-state index contributed by atoms with van der Waals surface area (Å²) in [5.74, 6) is 0. The standard InChI is InChI=1S/C13H15.Y/c1-5-11-7-12(6-2)9-13(8-11)10(3)4;/h7-9H,1,3,6H2,2,4H3;/q-1;. The van der Waals surface area contributed by atoms with Crippen LogP contribution in [0, 0.1) is 6.08 Å². The van der Waals surface area contributed by atoms with Crippen LogP contribution in [-0.2, 0) is 39.1 Å². The van der Waals surface area contributed by atoms with Crippen LogP contribution in [-0.4, -0.2) is 0 Å². The van der Waals surface area contributed by atoms with Gasteiger partial charge in [-0.3, -0.25) is 0 Å². The molecule has 0 aliphatic rings. The van der Waals surface area contributed by atoms with Crippen molar-refractivity contribution in [3.8, 4) is 0 Å². The molecule has 0 nitrogen and oxygen atoms in total. The van der Waals surface area contributed by atoms with Crippen LogP contribution in [0.5, 0.6) is 0 Å². The van der Waals surface area contributed by atoms with Gasteiger partial charge in [0.1, 0.15) is 0 Å². The van der Waals surface area contributed by atoms with Crippen LogP contribution in [0.25, 0.3) is 5.57 Å². The molecule has 0 atom stereocenters. The maximum absolute atomic E-state index is 3.93. The van der Waals surface area contributed by atoms with Crippen molar-refractivity contribution in [1.29, 1.82) is 0 Å². The molecule has 0 aliphatic carbocycles. The van der Waals surface area contributed by atoms with E-state index in [1.807, 2.05) is 6.92 Å². The van der Waals surface area contributed by atoms with Gasteiger partial charge in [0.25, 0.3) is 0 Å². The Morgan fingerprint density at radius 1 is 1.36 bits per heavy atom. The second kappa shape index (κ2) is 6.32. The van der Waals surface area contributed by atoms with Crippen LogP contribution in [0.4, 0.5) is 0 Å². The van der Waals surface area contributed by atoms with Crippen LogP contribution in [0.2, 0.25) is 0 Å². The third-order valence-corrected chi connectivity index (χ3v) is 2.10. The quantitative estimate of drug-likeness (QED) is 0.728. The molecular formula is C13H15Y-. The molecule has 1 heteroatoms. The SMILES string of the molecule is C=[C-]c1cc(CC)cc(C(=C)C)c1.[Y]. The van der Waals surface area contributed by atoms with Crippen molar-refractivity contribution in [3.05, 3.63) is 54.1 Å². The molecular weight excluding hydrogens is 245 g/mol. The van der Waals surface area contributed by atoms with Crippen molar-refractivity contribution in [2.45, 2.75) is 20.3 Å². The normalized spacial score (nSPS) is 9.00. The topological polar surface area (TPSA) is 0 Å². The van der Waals surface area contributed by atoms with E-state index in [0.29, 0.717) is 0 Å². The average Bonchev–Trinajstić information content (AvgIpc) is 2.16. The first-order valence-corrected chi connectivity index (χ1v) is 4.50. The summed E-state index contributed by atoms with van der Waals surface area (Å²) in [6.45, 7) is 11.7. The van der Waals surface area contributed by atoms with E-state index in [1.165, 1.54) is 11.1 Å². The van der Waals surface area contributed by atoms with Crippen molar-refractivity contribution >= 4 is 5.57 Å². The number of benzene rings is 1. The van der Waals surface area contributed by atoms with Gasteiger partial charge in [-0.25, -0.2) is 0 Å². The van der Waals surface area contributed by atoms with Gasteiger partial charge in [-0.15, -0.1) is 5.56 Å². The van der Waals surface area contributed by atoms with E-state index in [2.05, 4.69) is 44.4 Å². The van der Waals surface area contributed by atoms with Gasteiger partial charge in [-0.05, 0) is 13.3 Å². The summed E-state index contributed by atoms with van der Waals surface area (Å²) in [5, 5.41) is 0. The zero-order chi connectivity index (χ0) is 9.84. The third-order valence-electron chi connectivity index (χ3n) is 2.10. The van der Waals surface area contributed by atoms with Crippen molar-refractivity contribution in [2.75, 3.05) is 0 Å². The monoisotopic (exact) mass is 260 g/mol. The molecule has 0 amide bonds. The minimum Gasteiger partial charge on any atom is -0.192 e. The summed E-state index contributed by atoms with van der Waals surface area (Å²) in [6, 6.07) is 6.34. The molecule has 0 bridgehead atoms. The van der Waals surface area contributed by atoms with Gasteiger partial charge in [0, 0.05) is 32.7 Å². The first kappa shape index (κ1) is 13.8. The summed E-state index contributed by atoms with van der Waals surface area (Å²) < 4.78 is 0. The summed E-state index contributed by atoms with van der Waals surface area (Å²) >= 11 is 0. The molecule has 1 radical (unpaired) electrons. The van der Waals surface area contributed by atoms with Crippen LogP contribution < -0.4 is 0 Å². The van der Waals surface area contributed by atoms with E-state index in [9.17, 15) is 0 Å². The Kier molecular flexibility index (Phi) is 6.23. The molecule has 71 valence electrons. The molecule has 0 unspecified atom stereocenters. The fourth-order valence-electron chi connectivity index (χ4n) is 1.24. The van der Waals surface area contributed by atoms with E-state index < -0.39 is 0 Å². The molecule has 0 fully saturated rings. The Labute approximate surface area is 112 Å². The van der Waals surface area contributed by atoms with Gasteiger partial charge in [0.05, 0.1) is 0 Å². The van der Waals surface area contributed by atoms with Crippen LogP contribution in [0.15, 0.2) is 31.4 Å². The zero-order valence-corrected chi connectivity index (χ0v) is 11.8. The van der Waals surface area contributed by atoms with Crippen LogP contribution in [0.3, 0.4) is 0 Å². The largest absolute Gasteiger partial charge is 0.192 e. The zero-order valence-electron chi connectivity index (χ0n) is 8.93. The summed E-state index contributed by atoms with van der Waals surface area (Å²) in [4.78, 5) is 0. The first-order chi connectivity index (χ1) is 6.17. The van der Waals surface area contributed by atoms with E-state index in [1.54, 1.807) is 0 Å². The van der Waals surface area contributed by atoms with Gasteiger partial charge in [-0.2, -0.15) is 30.4 Å². The number of allylic oxidation sites excluding steroid dienone is 1. The molecule has 0 saturated carbocycles. The predicted molar refractivity (Wildman–Crippen MR) is 58.5 cm³/mol. The first-order valence-electron chi connectivity index (χ1n) is 4.50.